The van der Waals surface area contributed by atoms with Crippen molar-refractivity contribution in [3.8, 4) is 5.75 Å². The summed E-state index contributed by atoms with van der Waals surface area (Å²) >= 11 is 0. The van der Waals surface area contributed by atoms with Crippen molar-refractivity contribution in [3.05, 3.63) is 22.9 Å². The molecule has 0 atom stereocenters. The van der Waals surface area contributed by atoms with Crippen molar-refractivity contribution in [3.63, 3.8) is 0 Å². The summed E-state index contributed by atoms with van der Waals surface area (Å²) in [5.41, 5.74) is 1.92. The minimum absolute atomic E-state index is 0.332. The third kappa shape index (κ3) is 3.05. The molecule has 1 heterocycles. The van der Waals surface area contributed by atoms with Gasteiger partial charge in [0.2, 0.25) is 0 Å². The summed E-state index contributed by atoms with van der Waals surface area (Å²) in [6.07, 6.45) is 0. The fourth-order valence-electron chi connectivity index (χ4n) is 1.87. The maximum Gasteiger partial charge on any atom is 0.290 e. The summed E-state index contributed by atoms with van der Waals surface area (Å²) in [5, 5.41) is 18.8. The van der Waals surface area contributed by atoms with E-state index in [1.165, 1.54) is 0 Å². The molecule has 7 heteroatoms. The van der Waals surface area contributed by atoms with E-state index in [4.69, 9.17) is 4.74 Å². The second kappa shape index (κ2) is 5.87. The minimum atomic E-state index is 0.332. The van der Waals surface area contributed by atoms with Gasteiger partial charge >= 0.3 is 0 Å². The van der Waals surface area contributed by atoms with E-state index in [-0.39, 0.29) is 0 Å². The summed E-state index contributed by atoms with van der Waals surface area (Å²) in [6, 6.07) is 3.47. The highest BCUT2D eigenvalue weighted by atomic mass is 16.5. The Kier molecular flexibility index (Phi) is 4.19. The van der Waals surface area contributed by atoms with Crippen LogP contribution in [0.3, 0.4) is 0 Å². The molecular formula is C13H19N5O2. The summed E-state index contributed by atoms with van der Waals surface area (Å²) in [4.78, 5) is 6.96. The number of aryl methyl sites for hydroxylation is 1. The molecule has 7 nitrogen and oxygen atoms in total. The Hall–Kier alpha value is -2.15. The number of likely N-dealkylation sites (N-methyl/N-ethyl adjacent to an activating group) is 1. The lowest BCUT2D eigenvalue weighted by molar-refractivity contribution is -0.641. The summed E-state index contributed by atoms with van der Waals surface area (Å²) in [5.74, 6) is 0.984. The molecule has 1 aromatic carbocycles. The molecule has 2 aromatic rings. The van der Waals surface area contributed by atoms with E-state index in [1.807, 2.05) is 32.0 Å². The number of methoxy groups -OCH3 is 1. The number of aromatic nitrogens is 3. The number of anilines is 1. The smallest absolute Gasteiger partial charge is 0.290 e. The number of hydrogen-bond donors (Lipinski definition) is 1. The van der Waals surface area contributed by atoms with Gasteiger partial charge in [0.05, 0.1) is 18.3 Å². The maximum atomic E-state index is 11.9. The van der Waals surface area contributed by atoms with Crippen LogP contribution in [0.1, 0.15) is 5.56 Å². The molecule has 0 amide bonds. The van der Waals surface area contributed by atoms with Crippen molar-refractivity contribution in [2.24, 2.45) is 0 Å². The Morgan fingerprint density at radius 2 is 2.15 bits per heavy atom. The van der Waals surface area contributed by atoms with Crippen molar-refractivity contribution in [1.29, 1.82) is 0 Å². The van der Waals surface area contributed by atoms with Crippen LogP contribution in [0, 0.1) is 12.1 Å². The molecule has 0 aliphatic rings. The summed E-state index contributed by atoms with van der Waals surface area (Å²) in [6.45, 7) is 3.42. The lowest BCUT2D eigenvalue weighted by atomic mass is 10.2. The van der Waals surface area contributed by atoms with E-state index in [0.29, 0.717) is 34.1 Å². The molecular weight excluding hydrogens is 258 g/mol. The highest BCUT2D eigenvalue weighted by Crippen LogP contribution is 2.22. The zero-order chi connectivity index (χ0) is 14.7. The number of hydrogen-bond acceptors (Lipinski definition) is 6. The fraction of sp³-hybridized carbons (Fsp3) is 0.462. The molecule has 2 rings (SSSR count). The highest BCUT2D eigenvalue weighted by Gasteiger charge is 2.13. The first-order valence-electron chi connectivity index (χ1n) is 6.36. The fourth-order valence-corrected chi connectivity index (χ4v) is 1.87. The molecule has 0 fully saturated rings. The first-order valence-corrected chi connectivity index (χ1v) is 6.36. The minimum Gasteiger partial charge on any atom is -0.594 e. The predicted octanol–water partition coefficient (Wildman–Crippen LogP) is 0.554. The molecule has 0 unspecified atom stereocenters. The van der Waals surface area contributed by atoms with Crippen LogP contribution in [0.4, 0.5) is 5.95 Å². The lowest BCUT2D eigenvalue weighted by Crippen LogP contribution is -2.34. The van der Waals surface area contributed by atoms with Gasteiger partial charge in [-0.15, -0.1) is 0 Å². The molecule has 0 saturated carbocycles. The van der Waals surface area contributed by atoms with E-state index in [9.17, 15) is 5.21 Å². The van der Waals surface area contributed by atoms with Crippen molar-refractivity contribution < 1.29 is 9.58 Å². The van der Waals surface area contributed by atoms with Gasteiger partial charge in [-0.05, 0) is 37.5 Å². The largest absolute Gasteiger partial charge is 0.594 e. The monoisotopic (exact) mass is 277 g/mol. The highest BCUT2D eigenvalue weighted by molar-refractivity contribution is 5.75. The van der Waals surface area contributed by atoms with Gasteiger partial charge in [0, 0.05) is 13.1 Å². The third-order valence-corrected chi connectivity index (χ3v) is 2.95. The topological polar surface area (TPSA) is 77.2 Å². The van der Waals surface area contributed by atoms with Crippen LogP contribution >= 0.6 is 0 Å². The van der Waals surface area contributed by atoms with Gasteiger partial charge in [-0.3, -0.25) is 0 Å². The zero-order valence-electron chi connectivity index (χ0n) is 12.2. The zero-order valence-corrected chi connectivity index (χ0v) is 12.2. The van der Waals surface area contributed by atoms with E-state index in [0.717, 1.165) is 12.1 Å². The molecule has 0 saturated heterocycles. The molecule has 0 aliphatic heterocycles. The number of benzene rings is 1. The second-order valence-electron chi connectivity index (χ2n) is 4.85. The van der Waals surface area contributed by atoms with Gasteiger partial charge < -0.3 is 20.2 Å². The van der Waals surface area contributed by atoms with E-state index in [1.54, 1.807) is 13.2 Å². The van der Waals surface area contributed by atoms with Gasteiger partial charge in [-0.2, -0.15) is 0 Å². The van der Waals surface area contributed by atoms with Gasteiger partial charge in [0.1, 0.15) is 11.3 Å². The SMILES string of the molecule is COc1cc2c(cc1C)nc(NCCN(C)C)n[n+]2[O-]. The van der Waals surface area contributed by atoms with Crippen LogP contribution in [0.5, 0.6) is 5.75 Å². The van der Waals surface area contributed by atoms with Crippen molar-refractivity contribution in [1.82, 2.24) is 15.0 Å². The predicted molar refractivity (Wildman–Crippen MR) is 76.8 cm³/mol. The van der Waals surface area contributed by atoms with Gasteiger partial charge in [-0.25, -0.2) is 4.98 Å². The van der Waals surface area contributed by atoms with Crippen LogP contribution in [-0.4, -0.2) is 49.3 Å². The van der Waals surface area contributed by atoms with Gasteiger partial charge in [0.25, 0.3) is 11.5 Å². The van der Waals surface area contributed by atoms with E-state index in [2.05, 4.69) is 15.4 Å². The molecule has 0 radical (unpaired) electrons. The standard InChI is InChI=1S/C13H19N5O2/c1-9-7-10-11(8-12(9)20-4)18(19)16-13(15-10)14-5-6-17(2)3/h7-8H,5-6H2,1-4H3,(H,14,15,16). The molecule has 0 bridgehead atoms. The first kappa shape index (κ1) is 14.3. The molecule has 1 aromatic heterocycles. The Balaban J connectivity index is 2.32. The van der Waals surface area contributed by atoms with Crippen molar-refractivity contribution in [2.45, 2.75) is 6.92 Å². The summed E-state index contributed by atoms with van der Waals surface area (Å²) in [7, 11) is 5.53. The maximum absolute atomic E-state index is 11.9. The van der Waals surface area contributed by atoms with Crippen molar-refractivity contribution >= 4 is 17.0 Å². The number of nitrogens with one attached hydrogen (secondary N) is 1. The van der Waals surface area contributed by atoms with Crippen LogP contribution in [0.15, 0.2) is 12.1 Å². The molecule has 0 spiro atoms. The van der Waals surface area contributed by atoms with Crippen LogP contribution in [0.2, 0.25) is 0 Å². The van der Waals surface area contributed by atoms with Crippen LogP contribution in [0.25, 0.3) is 11.0 Å². The summed E-state index contributed by atoms with van der Waals surface area (Å²) < 4.78 is 5.20. The number of nitrogens with zero attached hydrogens (tertiary/aromatic N) is 4. The molecule has 1 N–H and O–H groups in total. The lowest BCUT2D eigenvalue weighted by Gasteiger charge is -2.10. The average Bonchev–Trinajstić information content (AvgIpc) is 2.37. The Morgan fingerprint density at radius 1 is 1.40 bits per heavy atom. The van der Waals surface area contributed by atoms with Crippen LogP contribution < -0.4 is 14.9 Å². The Bertz CT molecular complexity index is 615. The third-order valence-electron chi connectivity index (χ3n) is 2.95. The quantitative estimate of drug-likeness (QED) is 0.635. The molecule has 108 valence electrons. The number of rotatable bonds is 5. The first-order chi connectivity index (χ1) is 9.51. The van der Waals surface area contributed by atoms with Crippen molar-refractivity contribution in [2.75, 3.05) is 39.6 Å². The van der Waals surface area contributed by atoms with Gasteiger partial charge in [-0.1, -0.05) is 0 Å². The Labute approximate surface area is 117 Å². The van der Waals surface area contributed by atoms with E-state index < -0.39 is 0 Å². The Morgan fingerprint density at radius 3 is 2.80 bits per heavy atom. The number of fused-ring (bicyclic) bond motifs is 1. The number of ether oxygens (including phenoxy) is 1. The average molecular weight is 277 g/mol. The van der Waals surface area contributed by atoms with E-state index >= 15 is 0 Å². The normalized spacial score (nSPS) is 11.1. The van der Waals surface area contributed by atoms with Gasteiger partial charge in [0.15, 0.2) is 0 Å². The molecule has 0 aliphatic carbocycles. The molecule has 20 heavy (non-hydrogen) atoms. The van der Waals surface area contributed by atoms with Crippen LogP contribution in [-0.2, 0) is 0 Å². The second-order valence-corrected chi connectivity index (χ2v) is 4.85.